The summed E-state index contributed by atoms with van der Waals surface area (Å²) >= 11 is 2.26. The van der Waals surface area contributed by atoms with Crippen molar-refractivity contribution < 1.29 is 22.0 Å². The largest absolute Gasteiger partial charge is 0.434 e. The highest BCUT2D eigenvalue weighted by Crippen LogP contribution is 2.33. The molecule has 0 saturated carbocycles. The quantitative estimate of drug-likeness (QED) is 0.408. The minimum absolute atomic E-state index is 0.999. The Balaban J connectivity index is 3.37. The number of alkyl halides is 3. The monoisotopic (exact) mass is 262 g/mol. The molecule has 0 amide bonds. The maximum atomic E-state index is 12.4. The van der Waals surface area contributed by atoms with Gasteiger partial charge in [0.1, 0.15) is 4.47 Å². The fourth-order valence-corrected chi connectivity index (χ4v) is 0.984. The average molecular weight is 263 g/mol. The van der Waals surface area contributed by atoms with Gasteiger partial charge in [-0.3, -0.25) is 0 Å². The van der Waals surface area contributed by atoms with Gasteiger partial charge in [-0.25, -0.2) is 0 Å². The summed E-state index contributed by atoms with van der Waals surface area (Å²) in [6.07, 6.45) is -6.67. The van der Waals surface area contributed by atoms with Crippen LogP contribution in [0.2, 0.25) is 0 Å². The van der Waals surface area contributed by atoms with Crippen molar-refractivity contribution >= 4 is 15.9 Å². The molecular formula is C5BrF5N2. The third-order valence-electron chi connectivity index (χ3n) is 1.05. The van der Waals surface area contributed by atoms with Crippen molar-refractivity contribution in [3.05, 3.63) is 22.2 Å². The molecular weight excluding hydrogens is 263 g/mol. The zero-order valence-corrected chi connectivity index (χ0v) is 7.25. The van der Waals surface area contributed by atoms with Crippen molar-refractivity contribution in [2.75, 3.05) is 0 Å². The highest BCUT2D eigenvalue weighted by atomic mass is 79.9. The van der Waals surface area contributed by atoms with E-state index in [9.17, 15) is 22.0 Å². The first-order valence-corrected chi connectivity index (χ1v) is 3.57. The van der Waals surface area contributed by atoms with Crippen LogP contribution in [0.5, 0.6) is 0 Å². The molecule has 0 aliphatic heterocycles. The van der Waals surface area contributed by atoms with Crippen LogP contribution < -0.4 is 0 Å². The summed E-state index contributed by atoms with van der Waals surface area (Å²) in [4.78, 5) is 4.87. The fraction of sp³-hybridized carbons (Fsp3) is 0.200. The molecule has 0 radical (unpaired) electrons. The van der Waals surface area contributed by atoms with Gasteiger partial charge in [0.2, 0.25) is 5.95 Å². The summed E-state index contributed by atoms with van der Waals surface area (Å²) in [5, 5.41) is 0. The normalized spacial score (nSPS) is 11.8. The van der Waals surface area contributed by atoms with E-state index in [1.807, 2.05) is 0 Å². The molecule has 1 aromatic rings. The topological polar surface area (TPSA) is 25.8 Å². The lowest BCUT2D eigenvalue weighted by molar-refractivity contribution is -0.142. The van der Waals surface area contributed by atoms with Gasteiger partial charge in [-0.05, 0) is 15.9 Å². The molecule has 0 unspecified atom stereocenters. The Morgan fingerprint density at radius 2 is 1.62 bits per heavy atom. The number of hydrogen-bond acceptors (Lipinski definition) is 2. The summed E-state index contributed by atoms with van der Waals surface area (Å²) in [6.45, 7) is 0. The maximum absolute atomic E-state index is 12.4. The van der Waals surface area contributed by atoms with Gasteiger partial charge in [0, 0.05) is 0 Å². The van der Waals surface area contributed by atoms with Crippen LogP contribution in [0.1, 0.15) is 5.69 Å². The Hall–Kier alpha value is -0.790. The third-order valence-corrected chi connectivity index (χ3v) is 1.75. The Kier molecular flexibility index (Phi) is 2.51. The van der Waals surface area contributed by atoms with Crippen molar-refractivity contribution in [2.24, 2.45) is 0 Å². The van der Waals surface area contributed by atoms with E-state index in [2.05, 4.69) is 25.9 Å². The van der Waals surface area contributed by atoms with Crippen molar-refractivity contribution in [3.8, 4) is 0 Å². The molecule has 0 spiro atoms. The van der Waals surface area contributed by atoms with Gasteiger partial charge in [0.15, 0.2) is 5.69 Å². The predicted octanol–water partition coefficient (Wildman–Crippen LogP) is 2.54. The van der Waals surface area contributed by atoms with Gasteiger partial charge < -0.3 is 0 Å². The van der Waals surface area contributed by atoms with Gasteiger partial charge in [-0.2, -0.15) is 31.9 Å². The highest BCUT2D eigenvalue weighted by Gasteiger charge is 2.37. The van der Waals surface area contributed by atoms with E-state index in [1.54, 1.807) is 0 Å². The third kappa shape index (κ3) is 2.11. The lowest BCUT2D eigenvalue weighted by Crippen LogP contribution is -2.13. The number of rotatable bonds is 0. The van der Waals surface area contributed by atoms with Gasteiger partial charge >= 0.3 is 12.3 Å². The van der Waals surface area contributed by atoms with Crippen LogP contribution in [-0.2, 0) is 6.18 Å². The molecule has 0 fully saturated rings. The van der Waals surface area contributed by atoms with Crippen LogP contribution in [-0.4, -0.2) is 9.97 Å². The summed E-state index contributed by atoms with van der Waals surface area (Å²) in [5.74, 6) is -1.58. The van der Waals surface area contributed by atoms with Crippen LogP contribution in [0, 0.1) is 12.0 Å². The fourth-order valence-electron chi connectivity index (χ4n) is 0.582. The van der Waals surface area contributed by atoms with E-state index < -0.39 is 28.4 Å². The van der Waals surface area contributed by atoms with Gasteiger partial charge in [0.05, 0.1) is 0 Å². The number of nitrogens with zero attached hydrogens (tertiary/aromatic N) is 2. The summed E-state index contributed by atoms with van der Waals surface area (Å²) < 4.78 is 59.5. The van der Waals surface area contributed by atoms with Gasteiger partial charge in [-0.1, -0.05) is 0 Å². The van der Waals surface area contributed by atoms with Crippen LogP contribution in [0.3, 0.4) is 0 Å². The highest BCUT2D eigenvalue weighted by molar-refractivity contribution is 9.10. The molecule has 0 aromatic carbocycles. The lowest BCUT2D eigenvalue weighted by Gasteiger charge is -2.06. The van der Waals surface area contributed by atoms with Gasteiger partial charge in [0.25, 0.3) is 0 Å². The molecule has 0 N–H and O–H groups in total. The van der Waals surface area contributed by atoms with E-state index in [0.717, 1.165) is 0 Å². The average Bonchev–Trinajstić information content (AvgIpc) is 1.94. The maximum Gasteiger partial charge on any atom is 0.434 e. The molecule has 0 aliphatic rings. The Bertz CT molecular complexity index is 336. The molecule has 0 atom stereocenters. The molecule has 13 heavy (non-hydrogen) atoms. The van der Waals surface area contributed by atoms with Crippen LogP contribution >= 0.6 is 15.9 Å². The first-order chi connectivity index (χ1) is 5.82. The van der Waals surface area contributed by atoms with E-state index in [-0.39, 0.29) is 0 Å². The molecule has 1 heterocycles. The SMILES string of the molecule is Fc1nc(F)c(Br)c(C(F)(F)F)n1. The van der Waals surface area contributed by atoms with Crippen molar-refractivity contribution in [1.82, 2.24) is 9.97 Å². The first-order valence-electron chi connectivity index (χ1n) is 2.78. The second-order valence-corrected chi connectivity index (χ2v) is 2.74. The number of hydrogen-bond donors (Lipinski definition) is 0. The lowest BCUT2D eigenvalue weighted by atomic mass is 10.4. The molecule has 72 valence electrons. The summed E-state index contributed by atoms with van der Waals surface area (Å²) in [5.41, 5.74) is -1.67. The standard InChI is InChI=1S/C5BrF5N2/c6-1-2(5(9,10)11)12-4(8)13-3(1)7. The minimum Gasteiger partial charge on any atom is -0.196 e. The molecule has 8 heteroatoms. The van der Waals surface area contributed by atoms with Crippen LogP contribution in [0.4, 0.5) is 22.0 Å². The van der Waals surface area contributed by atoms with Crippen molar-refractivity contribution in [3.63, 3.8) is 0 Å². The second-order valence-electron chi connectivity index (χ2n) is 1.94. The number of aromatic nitrogens is 2. The molecule has 0 saturated heterocycles. The minimum atomic E-state index is -4.91. The Morgan fingerprint density at radius 1 is 1.08 bits per heavy atom. The van der Waals surface area contributed by atoms with E-state index in [0.29, 0.717) is 0 Å². The Labute approximate surface area is 76.9 Å². The Morgan fingerprint density at radius 3 is 2.08 bits per heavy atom. The van der Waals surface area contributed by atoms with Crippen LogP contribution in [0.15, 0.2) is 4.47 Å². The summed E-state index contributed by atoms with van der Waals surface area (Å²) in [7, 11) is 0. The van der Waals surface area contributed by atoms with Gasteiger partial charge in [-0.15, -0.1) is 0 Å². The van der Waals surface area contributed by atoms with E-state index in [4.69, 9.17) is 0 Å². The smallest absolute Gasteiger partial charge is 0.196 e. The van der Waals surface area contributed by atoms with E-state index in [1.165, 1.54) is 0 Å². The predicted molar refractivity (Wildman–Crippen MR) is 34.6 cm³/mol. The van der Waals surface area contributed by atoms with Crippen molar-refractivity contribution in [2.45, 2.75) is 6.18 Å². The first kappa shape index (κ1) is 10.3. The van der Waals surface area contributed by atoms with Crippen LogP contribution in [0.25, 0.3) is 0 Å². The number of halogens is 6. The second kappa shape index (κ2) is 3.17. The molecule has 2 nitrogen and oxygen atoms in total. The molecule has 0 bridgehead atoms. The molecule has 0 aliphatic carbocycles. The van der Waals surface area contributed by atoms with E-state index >= 15 is 0 Å². The molecule has 1 rings (SSSR count). The zero-order valence-electron chi connectivity index (χ0n) is 5.66. The van der Waals surface area contributed by atoms with Crippen molar-refractivity contribution in [1.29, 1.82) is 0 Å². The molecule has 1 aromatic heterocycles. The zero-order chi connectivity index (χ0) is 10.2. The summed E-state index contributed by atoms with van der Waals surface area (Å²) in [6, 6.07) is 0.